The number of aryl methyl sites for hydroxylation is 1. The van der Waals surface area contributed by atoms with Crippen molar-refractivity contribution in [3.8, 4) is 22.5 Å². The zero-order valence-corrected chi connectivity index (χ0v) is 23.9. The van der Waals surface area contributed by atoms with E-state index >= 15 is 0 Å². The highest BCUT2D eigenvalue weighted by molar-refractivity contribution is 7.99. The number of thiophene rings is 1. The highest BCUT2D eigenvalue weighted by Gasteiger charge is 2.26. The van der Waals surface area contributed by atoms with E-state index < -0.39 is 0 Å². The fourth-order valence-electron chi connectivity index (χ4n) is 4.91. The van der Waals surface area contributed by atoms with Crippen molar-refractivity contribution >= 4 is 45.6 Å². The molecule has 204 valence electrons. The first kappa shape index (κ1) is 26.9. The quantitative estimate of drug-likeness (QED) is 0.146. The number of benzene rings is 3. The summed E-state index contributed by atoms with van der Waals surface area (Å²) in [6.07, 6.45) is 3.90. The number of fused-ring (bicyclic) bond motifs is 1. The minimum absolute atomic E-state index is 0.120. The summed E-state index contributed by atoms with van der Waals surface area (Å²) in [7, 11) is 0. The van der Waals surface area contributed by atoms with Crippen LogP contribution in [0, 0.1) is 0 Å². The van der Waals surface area contributed by atoms with E-state index in [-0.39, 0.29) is 17.6 Å². The minimum Gasteiger partial charge on any atom is -0.322 e. The van der Waals surface area contributed by atoms with Crippen LogP contribution in [-0.4, -0.2) is 27.5 Å². The Morgan fingerprint density at radius 1 is 0.756 bits per heavy atom. The molecule has 1 aliphatic rings. The van der Waals surface area contributed by atoms with Gasteiger partial charge in [0.2, 0.25) is 5.91 Å². The molecule has 8 heteroatoms. The lowest BCUT2D eigenvalue weighted by Gasteiger charge is -2.13. The monoisotopic (exact) mass is 576 g/mol. The van der Waals surface area contributed by atoms with Crippen LogP contribution in [0.4, 0.5) is 10.7 Å². The van der Waals surface area contributed by atoms with E-state index in [0.717, 1.165) is 59.4 Å². The molecule has 2 N–H and O–H groups in total. The number of amides is 2. The summed E-state index contributed by atoms with van der Waals surface area (Å²) in [6.45, 7) is 0. The van der Waals surface area contributed by atoms with E-state index in [4.69, 9.17) is 9.97 Å². The van der Waals surface area contributed by atoms with Crippen LogP contribution in [0.15, 0.2) is 102 Å². The highest BCUT2D eigenvalue weighted by Crippen LogP contribution is 2.39. The summed E-state index contributed by atoms with van der Waals surface area (Å²) in [6, 6.07) is 31.3. The van der Waals surface area contributed by atoms with Crippen LogP contribution in [0.1, 0.15) is 33.6 Å². The van der Waals surface area contributed by atoms with Crippen LogP contribution < -0.4 is 10.6 Å². The van der Waals surface area contributed by atoms with Gasteiger partial charge in [0.05, 0.1) is 22.7 Å². The third kappa shape index (κ3) is 6.39. The Morgan fingerprint density at radius 2 is 1.34 bits per heavy atom. The van der Waals surface area contributed by atoms with Crippen molar-refractivity contribution in [1.29, 1.82) is 0 Å². The Labute approximate surface area is 247 Å². The number of rotatable bonds is 8. The lowest BCUT2D eigenvalue weighted by Crippen LogP contribution is -2.19. The molecule has 0 spiro atoms. The lowest BCUT2D eigenvalue weighted by atomic mass is 9.95. The first-order valence-electron chi connectivity index (χ1n) is 13.6. The maximum absolute atomic E-state index is 13.4. The second-order valence-corrected chi connectivity index (χ2v) is 11.8. The number of anilines is 2. The van der Waals surface area contributed by atoms with Crippen LogP contribution in [0.3, 0.4) is 0 Å². The molecule has 3 aromatic carbocycles. The summed E-state index contributed by atoms with van der Waals surface area (Å²) in [4.78, 5) is 37.3. The smallest absolute Gasteiger partial charge is 0.258 e. The standard InChI is InChI=1S/C33H28N4O2S2/c38-29(37-32-30(25-18-10-11-19-28(25)41-32)31(39)34-24-16-8-3-9-17-24)21-40-33-35-26(22-12-4-1-5-13-22)20-27(36-33)23-14-6-2-7-15-23/h1-9,12-17,20H,10-11,18-19,21H2,(H,34,39)(H,37,38). The predicted octanol–water partition coefficient (Wildman–Crippen LogP) is 7.73. The molecule has 2 heterocycles. The maximum atomic E-state index is 13.4. The van der Waals surface area contributed by atoms with Gasteiger partial charge in [-0.2, -0.15) is 0 Å². The summed E-state index contributed by atoms with van der Waals surface area (Å²) in [5.41, 5.74) is 5.94. The number of nitrogens with zero attached hydrogens (tertiary/aromatic N) is 2. The third-order valence-corrected chi connectivity index (χ3v) is 8.91. The van der Waals surface area contributed by atoms with Crippen molar-refractivity contribution in [2.75, 3.05) is 16.4 Å². The molecule has 0 aliphatic heterocycles. The van der Waals surface area contributed by atoms with Gasteiger partial charge in [0.1, 0.15) is 5.00 Å². The Kier molecular flexibility index (Phi) is 8.21. The van der Waals surface area contributed by atoms with Gasteiger partial charge in [-0.3, -0.25) is 9.59 Å². The molecule has 41 heavy (non-hydrogen) atoms. The van der Waals surface area contributed by atoms with E-state index in [0.29, 0.717) is 15.7 Å². The molecular formula is C33H28N4O2S2. The van der Waals surface area contributed by atoms with Gasteiger partial charge in [-0.25, -0.2) is 9.97 Å². The van der Waals surface area contributed by atoms with Crippen LogP contribution in [0.25, 0.3) is 22.5 Å². The molecule has 0 saturated heterocycles. The second kappa shape index (κ2) is 12.5. The highest BCUT2D eigenvalue weighted by atomic mass is 32.2. The van der Waals surface area contributed by atoms with E-state index in [1.54, 1.807) is 0 Å². The minimum atomic E-state index is -0.197. The van der Waals surface area contributed by atoms with Crippen LogP contribution >= 0.6 is 23.1 Å². The third-order valence-electron chi connectivity index (χ3n) is 6.86. The van der Waals surface area contributed by atoms with Gasteiger partial charge in [-0.05, 0) is 49.4 Å². The Bertz CT molecular complexity index is 1610. The average molecular weight is 577 g/mol. The van der Waals surface area contributed by atoms with Gasteiger partial charge in [-0.15, -0.1) is 11.3 Å². The molecule has 5 aromatic rings. The van der Waals surface area contributed by atoms with Crippen molar-refractivity contribution in [3.05, 3.63) is 113 Å². The van der Waals surface area contributed by atoms with E-state index in [9.17, 15) is 9.59 Å². The molecule has 6 rings (SSSR count). The Balaban J connectivity index is 1.22. The van der Waals surface area contributed by atoms with Gasteiger partial charge < -0.3 is 10.6 Å². The number of carbonyl (C=O) groups is 2. The summed E-state index contributed by atoms with van der Waals surface area (Å²) in [5.74, 6) is -0.267. The zero-order chi connectivity index (χ0) is 28.0. The van der Waals surface area contributed by atoms with E-state index in [1.807, 2.05) is 97.1 Å². The fourth-order valence-corrected chi connectivity index (χ4v) is 6.87. The Morgan fingerprint density at radius 3 is 1.98 bits per heavy atom. The molecule has 0 atom stereocenters. The van der Waals surface area contributed by atoms with Crippen LogP contribution in [-0.2, 0) is 17.6 Å². The normalized spacial score (nSPS) is 12.4. The number of hydrogen-bond acceptors (Lipinski definition) is 6. The summed E-state index contributed by atoms with van der Waals surface area (Å²) < 4.78 is 0. The van der Waals surface area contributed by atoms with Crippen molar-refractivity contribution in [1.82, 2.24) is 9.97 Å². The number of thioether (sulfide) groups is 1. The molecule has 0 radical (unpaired) electrons. The molecule has 0 fully saturated rings. The first-order valence-corrected chi connectivity index (χ1v) is 15.4. The van der Waals surface area contributed by atoms with Gasteiger partial charge in [0, 0.05) is 21.7 Å². The van der Waals surface area contributed by atoms with Crippen LogP contribution in [0.2, 0.25) is 0 Å². The topological polar surface area (TPSA) is 84.0 Å². The van der Waals surface area contributed by atoms with Crippen molar-refractivity contribution in [2.24, 2.45) is 0 Å². The zero-order valence-electron chi connectivity index (χ0n) is 22.3. The van der Waals surface area contributed by atoms with Crippen molar-refractivity contribution in [3.63, 3.8) is 0 Å². The van der Waals surface area contributed by atoms with Crippen molar-refractivity contribution in [2.45, 2.75) is 30.8 Å². The number of carbonyl (C=O) groups excluding carboxylic acids is 2. The molecule has 6 nitrogen and oxygen atoms in total. The largest absolute Gasteiger partial charge is 0.322 e. The molecule has 2 aromatic heterocycles. The lowest BCUT2D eigenvalue weighted by molar-refractivity contribution is -0.113. The summed E-state index contributed by atoms with van der Waals surface area (Å²) in [5, 5.41) is 7.17. The number of para-hydroxylation sites is 1. The molecular weight excluding hydrogens is 549 g/mol. The first-order chi connectivity index (χ1) is 20.1. The van der Waals surface area contributed by atoms with Gasteiger partial charge >= 0.3 is 0 Å². The second-order valence-electron chi connectivity index (χ2n) is 9.73. The van der Waals surface area contributed by atoms with E-state index in [1.165, 1.54) is 28.0 Å². The fraction of sp³-hybridized carbons (Fsp3) is 0.152. The van der Waals surface area contributed by atoms with Crippen LogP contribution in [0.5, 0.6) is 0 Å². The molecule has 2 amide bonds. The number of hydrogen-bond donors (Lipinski definition) is 2. The van der Waals surface area contributed by atoms with Gasteiger partial charge in [0.15, 0.2) is 5.16 Å². The number of aromatic nitrogens is 2. The van der Waals surface area contributed by atoms with E-state index in [2.05, 4.69) is 10.6 Å². The van der Waals surface area contributed by atoms with Gasteiger partial charge in [-0.1, -0.05) is 90.6 Å². The van der Waals surface area contributed by atoms with Crippen molar-refractivity contribution < 1.29 is 9.59 Å². The Hall–Kier alpha value is -4.27. The maximum Gasteiger partial charge on any atom is 0.258 e. The predicted molar refractivity (Wildman–Crippen MR) is 168 cm³/mol. The van der Waals surface area contributed by atoms with Gasteiger partial charge in [0.25, 0.3) is 5.91 Å². The molecule has 0 unspecified atom stereocenters. The summed E-state index contributed by atoms with van der Waals surface area (Å²) >= 11 is 2.80. The average Bonchev–Trinajstić information content (AvgIpc) is 3.39. The molecule has 0 bridgehead atoms. The molecule has 0 saturated carbocycles. The SMILES string of the molecule is O=C(CSc1nc(-c2ccccc2)cc(-c2ccccc2)n1)Nc1sc2c(c1C(=O)Nc1ccccc1)CCCC2. The number of nitrogens with one attached hydrogen (secondary N) is 2. The molecule has 1 aliphatic carbocycles.